The van der Waals surface area contributed by atoms with Gasteiger partial charge in [0.15, 0.2) is 17.1 Å². The average Bonchev–Trinajstić information content (AvgIpc) is 2.60. The van der Waals surface area contributed by atoms with Gasteiger partial charge in [-0.25, -0.2) is 0 Å². The SMILES string of the molecule is Cc1nc2c(cc3ccccn32)o1. The molecule has 0 aliphatic heterocycles. The number of fused-ring (bicyclic) bond motifs is 3. The summed E-state index contributed by atoms with van der Waals surface area (Å²) in [5, 5.41) is 0. The summed E-state index contributed by atoms with van der Waals surface area (Å²) in [6, 6.07) is 8.01. The maximum Gasteiger partial charge on any atom is 0.193 e. The van der Waals surface area contributed by atoms with Gasteiger partial charge in [-0.3, -0.25) is 4.40 Å². The van der Waals surface area contributed by atoms with Gasteiger partial charge in [0.05, 0.1) is 5.52 Å². The average molecular weight is 172 g/mol. The lowest BCUT2D eigenvalue weighted by molar-refractivity contribution is 0.561. The van der Waals surface area contributed by atoms with E-state index in [0.717, 1.165) is 16.7 Å². The predicted octanol–water partition coefficient (Wildman–Crippen LogP) is 2.39. The fourth-order valence-corrected chi connectivity index (χ4v) is 1.60. The van der Waals surface area contributed by atoms with Crippen LogP contribution in [0.25, 0.3) is 16.7 Å². The molecule has 0 fully saturated rings. The van der Waals surface area contributed by atoms with E-state index >= 15 is 0 Å². The number of aryl methyl sites for hydroxylation is 1. The molecule has 3 aromatic heterocycles. The molecule has 3 rings (SSSR count). The van der Waals surface area contributed by atoms with E-state index in [1.165, 1.54) is 0 Å². The second-order valence-electron chi connectivity index (χ2n) is 3.06. The molecular weight excluding hydrogens is 164 g/mol. The summed E-state index contributed by atoms with van der Waals surface area (Å²) >= 11 is 0. The Hall–Kier alpha value is -1.77. The van der Waals surface area contributed by atoms with Crippen molar-refractivity contribution in [3.05, 3.63) is 36.4 Å². The van der Waals surface area contributed by atoms with Crippen molar-refractivity contribution >= 4 is 16.7 Å². The molecule has 3 nitrogen and oxygen atoms in total. The standard InChI is InChI=1S/C10H8N2O/c1-7-11-10-9(13-7)6-8-4-2-3-5-12(8)10/h2-6H,1H3. The van der Waals surface area contributed by atoms with E-state index in [-0.39, 0.29) is 0 Å². The van der Waals surface area contributed by atoms with Crippen LogP contribution in [0.2, 0.25) is 0 Å². The number of pyridine rings is 1. The highest BCUT2D eigenvalue weighted by atomic mass is 16.3. The van der Waals surface area contributed by atoms with Crippen LogP contribution in [-0.4, -0.2) is 9.38 Å². The van der Waals surface area contributed by atoms with Crippen LogP contribution >= 0.6 is 0 Å². The smallest absolute Gasteiger partial charge is 0.193 e. The van der Waals surface area contributed by atoms with Gasteiger partial charge in [0.1, 0.15) is 0 Å². The zero-order chi connectivity index (χ0) is 8.84. The summed E-state index contributed by atoms with van der Waals surface area (Å²) < 4.78 is 7.44. The molecule has 0 radical (unpaired) electrons. The van der Waals surface area contributed by atoms with Gasteiger partial charge in [-0.15, -0.1) is 0 Å². The Morgan fingerprint density at radius 2 is 2.31 bits per heavy atom. The molecule has 0 saturated carbocycles. The second-order valence-corrected chi connectivity index (χ2v) is 3.06. The Bertz CT molecular complexity index is 577. The van der Waals surface area contributed by atoms with E-state index in [1.54, 1.807) is 0 Å². The van der Waals surface area contributed by atoms with E-state index in [2.05, 4.69) is 4.98 Å². The predicted molar refractivity (Wildman–Crippen MR) is 49.7 cm³/mol. The summed E-state index contributed by atoms with van der Waals surface area (Å²) in [4.78, 5) is 4.30. The fourth-order valence-electron chi connectivity index (χ4n) is 1.60. The van der Waals surface area contributed by atoms with Gasteiger partial charge in [-0.05, 0) is 12.1 Å². The van der Waals surface area contributed by atoms with Crippen LogP contribution in [0.15, 0.2) is 34.9 Å². The number of rotatable bonds is 0. The number of nitrogens with zero attached hydrogens (tertiary/aromatic N) is 2. The Labute approximate surface area is 74.6 Å². The van der Waals surface area contributed by atoms with Gasteiger partial charge < -0.3 is 4.42 Å². The van der Waals surface area contributed by atoms with Crippen LogP contribution in [0.4, 0.5) is 0 Å². The highest BCUT2D eigenvalue weighted by molar-refractivity contribution is 5.79. The molecule has 3 heteroatoms. The topological polar surface area (TPSA) is 30.4 Å². The van der Waals surface area contributed by atoms with Gasteiger partial charge in [-0.2, -0.15) is 4.98 Å². The van der Waals surface area contributed by atoms with Crippen LogP contribution in [0.5, 0.6) is 0 Å². The first kappa shape index (κ1) is 6.71. The van der Waals surface area contributed by atoms with E-state index in [4.69, 9.17) is 4.42 Å². The van der Waals surface area contributed by atoms with Gasteiger partial charge in [0.25, 0.3) is 0 Å². The minimum atomic E-state index is 0.711. The quantitative estimate of drug-likeness (QED) is 0.521. The Morgan fingerprint density at radius 1 is 1.38 bits per heavy atom. The van der Waals surface area contributed by atoms with Crippen molar-refractivity contribution in [2.75, 3.05) is 0 Å². The highest BCUT2D eigenvalue weighted by Gasteiger charge is 2.07. The molecule has 0 amide bonds. The second kappa shape index (κ2) is 2.13. The molecule has 3 aromatic rings. The Balaban J connectivity index is 2.60. The first-order valence-electron chi connectivity index (χ1n) is 4.18. The molecule has 0 saturated heterocycles. The van der Waals surface area contributed by atoms with E-state index in [1.807, 2.05) is 41.8 Å². The lowest BCUT2D eigenvalue weighted by atomic mass is 10.4. The third-order valence-electron chi connectivity index (χ3n) is 2.14. The maximum atomic E-state index is 5.42. The van der Waals surface area contributed by atoms with Crippen LogP contribution in [0.3, 0.4) is 0 Å². The molecule has 0 atom stereocenters. The number of hydrogen-bond donors (Lipinski definition) is 0. The van der Waals surface area contributed by atoms with Crippen molar-refractivity contribution in [2.45, 2.75) is 6.92 Å². The summed E-state index contributed by atoms with van der Waals surface area (Å²) in [5.74, 6) is 0.711. The van der Waals surface area contributed by atoms with Crippen LogP contribution in [0.1, 0.15) is 5.89 Å². The summed E-state index contributed by atoms with van der Waals surface area (Å²) in [5.41, 5.74) is 2.86. The number of hydrogen-bond acceptors (Lipinski definition) is 2. The summed E-state index contributed by atoms with van der Waals surface area (Å²) in [6.45, 7) is 1.86. The third-order valence-corrected chi connectivity index (χ3v) is 2.14. The molecule has 0 spiro atoms. The van der Waals surface area contributed by atoms with Crippen LogP contribution in [0, 0.1) is 6.92 Å². The van der Waals surface area contributed by atoms with Crippen molar-refractivity contribution in [1.82, 2.24) is 9.38 Å². The van der Waals surface area contributed by atoms with Crippen molar-refractivity contribution in [3.8, 4) is 0 Å². The molecule has 0 N–H and O–H groups in total. The zero-order valence-corrected chi connectivity index (χ0v) is 7.19. The Kier molecular flexibility index (Phi) is 1.10. The van der Waals surface area contributed by atoms with E-state index in [9.17, 15) is 0 Å². The molecule has 64 valence electrons. The van der Waals surface area contributed by atoms with Crippen molar-refractivity contribution < 1.29 is 4.42 Å². The molecule has 0 aromatic carbocycles. The molecule has 3 heterocycles. The van der Waals surface area contributed by atoms with Crippen molar-refractivity contribution in [2.24, 2.45) is 0 Å². The van der Waals surface area contributed by atoms with E-state index in [0.29, 0.717) is 5.89 Å². The normalized spacial score (nSPS) is 11.5. The van der Waals surface area contributed by atoms with Crippen molar-refractivity contribution in [3.63, 3.8) is 0 Å². The highest BCUT2D eigenvalue weighted by Crippen LogP contribution is 2.19. The van der Waals surface area contributed by atoms with Gasteiger partial charge in [-0.1, -0.05) is 6.07 Å². The molecule has 0 bridgehead atoms. The zero-order valence-electron chi connectivity index (χ0n) is 7.19. The first-order chi connectivity index (χ1) is 6.34. The van der Waals surface area contributed by atoms with E-state index < -0.39 is 0 Å². The molecule has 13 heavy (non-hydrogen) atoms. The lowest BCUT2D eigenvalue weighted by Gasteiger charge is -1.90. The number of oxazole rings is 1. The largest absolute Gasteiger partial charge is 0.439 e. The number of aromatic nitrogens is 2. The third kappa shape index (κ3) is 0.811. The first-order valence-corrected chi connectivity index (χ1v) is 4.18. The fraction of sp³-hybridized carbons (Fsp3) is 0.100. The minimum absolute atomic E-state index is 0.711. The molecule has 0 unspecified atom stereocenters. The monoisotopic (exact) mass is 172 g/mol. The van der Waals surface area contributed by atoms with Crippen molar-refractivity contribution in [1.29, 1.82) is 0 Å². The Morgan fingerprint density at radius 3 is 3.23 bits per heavy atom. The minimum Gasteiger partial charge on any atom is -0.439 e. The van der Waals surface area contributed by atoms with Crippen LogP contribution < -0.4 is 0 Å². The van der Waals surface area contributed by atoms with Gasteiger partial charge in [0.2, 0.25) is 0 Å². The summed E-state index contributed by atoms with van der Waals surface area (Å²) in [6.07, 6.45) is 1.99. The molecular formula is C10H8N2O. The van der Waals surface area contributed by atoms with Crippen LogP contribution in [-0.2, 0) is 0 Å². The lowest BCUT2D eigenvalue weighted by Crippen LogP contribution is -1.82. The summed E-state index contributed by atoms with van der Waals surface area (Å²) in [7, 11) is 0. The van der Waals surface area contributed by atoms with Gasteiger partial charge >= 0.3 is 0 Å². The molecule has 0 aliphatic rings. The maximum absolute atomic E-state index is 5.42. The van der Waals surface area contributed by atoms with Gasteiger partial charge in [0, 0.05) is 19.2 Å². The molecule has 0 aliphatic carbocycles.